The zero-order valence-corrected chi connectivity index (χ0v) is 8.59. The van der Waals surface area contributed by atoms with Gasteiger partial charge in [-0.3, -0.25) is 0 Å². The fourth-order valence-electron chi connectivity index (χ4n) is 1.31. The molecule has 0 aliphatic carbocycles. The highest BCUT2D eigenvalue weighted by atomic mass is 19.3. The molecule has 84 valence electrons. The Morgan fingerprint density at radius 2 is 2.07 bits per heavy atom. The lowest BCUT2D eigenvalue weighted by molar-refractivity contribution is 0.0842. The summed E-state index contributed by atoms with van der Waals surface area (Å²) in [7, 11) is 2.87. The molecule has 0 unspecified atom stereocenters. The van der Waals surface area contributed by atoms with E-state index in [2.05, 4.69) is 10.3 Å². The van der Waals surface area contributed by atoms with Crippen molar-refractivity contribution in [1.82, 2.24) is 5.48 Å². The van der Waals surface area contributed by atoms with Crippen LogP contribution in [-0.4, -0.2) is 14.2 Å². The molecular formula is C10H13F2NO2. The molecule has 0 atom stereocenters. The summed E-state index contributed by atoms with van der Waals surface area (Å²) < 4.78 is 30.3. The van der Waals surface area contributed by atoms with Gasteiger partial charge in [-0.1, -0.05) is 12.1 Å². The summed E-state index contributed by atoms with van der Waals surface area (Å²) in [5.41, 5.74) is 2.89. The van der Waals surface area contributed by atoms with E-state index in [0.717, 1.165) is 0 Å². The van der Waals surface area contributed by atoms with E-state index in [1.165, 1.54) is 26.4 Å². The number of hydrogen-bond donors (Lipinski definition) is 1. The SMILES string of the molecule is CONCc1c(OC)cccc1C(F)F. The topological polar surface area (TPSA) is 30.5 Å². The molecule has 1 N–H and O–H groups in total. The van der Waals surface area contributed by atoms with Gasteiger partial charge in [-0.25, -0.2) is 8.78 Å². The second kappa shape index (κ2) is 5.63. The normalized spacial score (nSPS) is 10.7. The van der Waals surface area contributed by atoms with Crippen LogP contribution in [0.4, 0.5) is 8.78 Å². The van der Waals surface area contributed by atoms with E-state index in [-0.39, 0.29) is 12.1 Å². The molecule has 0 heterocycles. The van der Waals surface area contributed by atoms with Crippen molar-refractivity contribution < 1.29 is 18.4 Å². The molecule has 0 amide bonds. The van der Waals surface area contributed by atoms with Gasteiger partial charge in [0, 0.05) is 11.1 Å². The zero-order valence-electron chi connectivity index (χ0n) is 8.59. The Kier molecular flexibility index (Phi) is 4.45. The number of benzene rings is 1. The van der Waals surface area contributed by atoms with E-state index in [1.807, 2.05) is 0 Å². The summed E-state index contributed by atoms with van der Waals surface area (Å²) in [6.07, 6.45) is -2.52. The third kappa shape index (κ3) is 2.87. The number of ether oxygens (including phenoxy) is 1. The van der Waals surface area contributed by atoms with Gasteiger partial charge in [0.05, 0.1) is 20.8 Å². The van der Waals surface area contributed by atoms with E-state index in [1.54, 1.807) is 6.07 Å². The zero-order chi connectivity index (χ0) is 11.3. The molecule has 5 heteroatoms. The van der Waals surface area contributed by atoms with Crippen molar-refractivity contribution in [2.75, 3.05) is 14.2 Å². The summed E-state index contributed by atoms with van der Waals surface area (Å²) in [6.45, 7) is 0.181. The molecule has 0 aliphatic rings. The lowest BCUT2D eigenvalue weighted by atomic mass is 10.1. The average Bonchev–Trinajstić information content (AvgIpc) is 2.25. The molecule has 0 aliphatic heterocycles. The molecule has 0 bridgehead atoms. The first kappa shape index (κ1) is 11.9. The van der Waals surface area contributed by atoms with Gasteiger partial charge < -0.3 is 9.57 Å². The largest absolute Gasteiger partial charge is 0.496 e. The van der Waals surface area contributed by atoms with Gasteiger partial charge in [0.25, 0.3) is 6.43 Å². The first-order chi connectivity index (χ1) is 7.20. The van der Waals surface area contributed by atoms with Crippen molar-refractivity contribution in [2.24, 2.45) is 0 Å². The number of nitrogens with one attached hydrogen (secondary N) is 1. The Balaban J connectivity index is 3.03. The Labute approximate surface area is 87.0 Å². The molecule has 0 fully saturated rings. The van der Waals surface area contributed by atoms with Crippen LogP contribution in [0, 0.1) is 0 Å². The lowest BCUT2D eigenvalue weighted by Crippen LogP contribution is -2.13. The van der Waals surface area contributed by atoms with E-state index in [9.17, 15) is 8.78 Å². The van der Waals surface area contributed by atoms with Gasteiger partial charge in [-0.2, -0.15) is 5.48 Å². The summed E-state index contributed by atoms with van der Waals surface area (Å²) in [5, 5.41) is 0. The predicted molar refractivity (Wildman–Crippen MR) is 51.8 cm³/mol. The summed E-state index contributed by atoms with van der Waals surface area (Å²) >= 11 is 0. The number of hydroxylamine groups is 1. The second-order valence-electron chi connectivity index (χ2n) is 2.85. The van der Waals surface area contributed by atoms with Crippen molar-refractivity contribution in [3.8, 4) is 5.75 Å². The number of alkyl halides is 2. The van der Waals surface area contributed by atoms with Crippen LogP contribution in [0.2, 0.25) is 0 Å². The van der Waals surface area contributed by atoms with Crippen molar-refractivity contribution >= 4 is 0 Å². The van der Waals surface area contributed by atoms with E-state index < -0.39 is 6.43 Å². The van der Waals surface area contributed by atoms with Crippen LogP contribution >= 0.6 is 0 Å². The van der Waals surface area contributed by atoms with Crippen molar-refractivity contribution in [1.29, 1.82) is 0 Å². The Morgan fingerprint density at radius 1 is 1.33 bits per heavy atom. The first-order valence-electron chi connectivity index (χ1n) is 4.40. The smallest absolute Gasteiger partial charge is 0.264 e. The summed E-state index contributed by atoms with van der Waals surface area (Å²) in [4.78, 5) is 4.63. The van der Waals surface area contributed by atoms with Gasteiger partial charge in [0.1, 0.15) is 5.75 Å². The third-order valence-electron chi connectivity index (χ3n) is 2.02. The van der Waals surface area contributed by atoms with Gasteiger partial charge in [0.15, 0.2) is 0 Å². The third-order valence-corrected chi connectivity index (χ3v) is 2.02. The number of rotatable bonds is 5. The van der Waals surface area contributed by atoms with Crippen molar-refractivity contribution in [2.45, 2.75) is 13.0 Å². The molecule has 0 saturated heterocycles. The summed E-state index contributed by atoms with van der Waals surface area (Å²) in [6, 6.07) is 4.55. The minimum Gasteiger partial charge on any atom is -0.496 e. The molecule has 3 nitrogen and oxygen atoms in total. The molecular weight excluding hydrogens is 204 g/mol. The van der Waals surface area contributed by atoms with Crippen LogP contribution in [0.5, 0.6) is 5.75 Å². The Morgan fingerprint density at radius 3 is 2.60 bits per heavy atom. The second-order valence-corrected chi connectivity index (χ2v) is 2.85. The highest BCUT2D eigenvalue weighted by molar-refractivity contribution is 5.40. The molecule has 0 saturated carbocycles. The molecule has 0 aromatic heterocycles. The fraction of sp³-hybridized carbons (Fsp3) is 0.400. The van der Waals surface area contributed by atoms with E-state index in [0.29, 0.717) is 11.3 Å². The molecule has 1 aromatic rings. The predicted octanol–water partition coefficient (Wildman–Crippen LogP) is 2.28. The van der Waals surface area contributed by atoms with Gasteiger partial charge in [-0.05, 0) is 6.07 Å². The minimum atomic E-state index is -2.52. The highest BCUT2D eigenvalue weighted by Crippen LogP contribution is 2.29. The molecule has 1 aromatic carbocycles. The monoisotopic (exact) mass is 217 g/mol. The quantitative estimate of drug-likeness (QED) is 0.767. The first-order valence-corrected chi connectivity index (χ1v) is 4.40. The van der Waals surface area contributed by atoms with Gasteiger partial charge in [-0.15, -0.1) is 0 Å². The van der Waals surface area contributed by atoms with Crippen molar-refractivity contribution in [3.63, 3.8) is 0 Å². The van der Waals surface area contributed by atoms with E-state index >= 15 is 0 Å². The Bertz CT molecular complexity index is 318. The van der Waals surface area contributed by atoms with Crippen LogP contribution in [0.1, 0.15) is 17.6 Å². The van der Waals surface area contributed by atoms with Crippen molar-refractivity contribution in [3.05, 3.63) is 29.3 Å². The van der Waals surface area contributed by atoms with Crippen LogP contribution in [0.3, 0.4) is 0 Å². The van der Waals surface area contributed by atoms with Gasteiger partial charge >= 0.3 is 0 Å². The fourth-order valence-corrected chi connectivity index (χ4v) is 1.31. The molecule has 1 rings (SSSR count). The maximum Gasteiger partial charge on any atom is 0.264 e. The molecule has 0 radical (unpaired) electrons. The maximum absolute atomic E-state index is 12.6. The lowest BCUT2D eigenvalue weighted by Gasteiger charge is -2.13. The highest BCUT2D eigenvalue weighted by Gasteiger charge is 2.16. The molecule has 15 heavy (non-hydrogen) atoms. The van der Waals surface area contributed by atoms with Crippen LogP contribution < -0.4 is 10.2 Å². The average molecular weight is 217 g/mol. The Hall–Kier alpha value is -1.20. The number of hydrogen-bond acceptors (Lipinski definition) is 3. The maximum atomic E-state index is 12.6. The van der Waals surface area contributed by atoms with E-state index in [4.69, 9.17) is 4.74 Å². The standard InChI is InChI=1S/C10H13F2NO2/c1-14-9-5-3-4-7(10(11)12)8(9)6-13-15-2/h3-5,10,13H,6H2,1-2H3. The van der Waals surface area contributed by atoms with Gasteiger partial charge in [0.2, 0.25) is 0 Å². The van der Waals surface area contributed by atoms with Crippen LogP contribution in [0.25, 0.3) is 0 Å². The summed E-state index contributed by atoms with van der Waals surface area (Å²) in [5.74, 6) is 0.428. The minimum absolute atomic E-state index is 0.0427. The number of halogens is 2. The van der Waals surface area contributed by atoms with Crippen LogP contribution in [-0.2, 0) is 11.4 Å². The van der Waals surface area contributed by atoms with Crippen LogP contribution in [0.15, 0.2) is 18.2 Å². The molecule has 0 spiro atoms. The number of methoxy groups -OCH3 is 1.